The van der Waals surface area contributed by atoms with Crippen LogP contribution in [0, 0.1) is 11.3 Å². The van der Waals surface area contributed by atoms with Gasteiger partial charge in [-0.1, -0.05) is 12.1 Å². The van der Waals surface area contributed by atoms with Crippen LogP contribution in [0.3, 0.4) is 0 Å². The number of rotatable bonds is 3. The topological polar surface area (TPSA) is 74.7 Å². The molecule has 0 atom stereocenters. The third-order valence-electron chi connectivity index (χ3n) is 2.40. The lowest BCUT2D eigenvalue weighted by molar-refractivity contribution is 0.0582. The van der Waals surface area contributed by atoms with Crippen LogP contribution in [0.15, 0.2) is 30.6 Å². The summed E-state index contributed by atoms with van der Waals surface area (Å²) in [5, 5.41) is 22.8. The summed E-state index contributed by atoms with van der Waals surface area (Å²) in [5.41, 5.74) is 0.524. The number of aromatic nitrogens is 3. The fourth-order valence-corrected chi connectivity index (χ4v) is 1.70. The highest BCUT2D eigenvalue weighted by molar-refractivity contribution is 5.57. The maximum atomic E-state index is 9.82. The molecule has 0 spiro atoms. The Balaban J connectivity index is 2.40. The quantitative estimate of drug-likeness (QED) is 0.886. The maximum Gasteiger partial charge on any atom is 0.158 e. The molecule has 2 aromatic rings. The summed E-state index contributed by atoms with van der Waals surface area (Å²) in [6.45, 7) is 3.77. The second-order valence-electron chi connectivity index (χ2n) is 4.75. The van der Waals surface area contributed by atoms with Gasteiger partial charge in [-0.2, -0.15) is 10.4 Å². The summed E-state index contributed by atoms with van der Waals surface area (Å²) in [6.07, 6.45) is 1.44. The number of nitriles is 1. The molecule has 0 bridgehead atoms. The average Bonchev–Trinajstić information content (AvgIpc) is 2.75. The molecule has 2 rings (SSSR count). The van der Waals surface area contributed by atoms with E-state index in [1.165, 1.54) is 6.33 Å². The van der Waals surface area contributed by atoms with Gasteiger partial charge in [0.25, 0.3) is 0 Å². The van der Waals surface area contributed by atoms with E-state index in [0.29, 0.717) is 17.9 Å². The van der Waals surface area contributed by atoms with Gasteiger partial charge in [-0.15, -0.1) is 0 Å². The van der Waals surface area contributed by atoms with Crippen LogP contribution in [0.1, 0.15) is 19.4 Å². The molecule has 0 unspecified atom stereocenters. The first-order valence-corrected chi connectivity index (χ1v) is 5.60. The molecule has 0 aliphatic heterocycles. The van der Waals surface area contributed by atoms with Crippen LogP contribution in [0.2, 0.25) is 0 Å². The van der Waals surface area contributed by atoms with Gasteiger partial charge >= 0.3 is 0 Å². The van der Waals surface area contributed by atoms with Crippen molar-refractivity contribution in [2.75, 3.05) is 0 Å². The monoisotopic (exact) mass is 242 g/mol. The zero-order chi connectivity index (χ0) is 13.2. The van der Waals surface area contributed by atoms with E-state index in [0.717, 1.165) is 5.56 Å². The van der Waals surface area contributed by atoms with E-state index in [-0.39, 0.29) is 0 Å². The number of aliphatic hydroxyl groups is 1. The molecule has 1 aromatic heterocycles. The molecule has 5 heteroatoms. The number of nitrogens with zero attached hydrogens (tertiary/aromatic N) is 4. The van der Waals surface area contributed by atoms with Gasteiger partial charge in [0.15, 0.2) is 5.82 Å². The van der Waals surface area contributed by atoms with Crippen LogP contribution < -0.4 is 0 Å². The van der Waals surface area contributed by atoms with E-state index in [1.54, 1.807) is 36.7 Å². The minimum atomic E-state index is -0.866. The summed E-state index contributed by atoms with van der Waals surface area (Å²) in [7, 11) is 0. The van der Waals surface area contributed by atoms with Crippen molar-refractivity contribution < 1.29 is 5.11 Å². The summed E-state index contributed by atoms with van der Waals surface area (Å²) < 4.78 is 1.64. The molecule has 0 aliphatic rings. The lowest BCUT2D eigenvalue weighted by Crippen LogP contribution is -2.27. The van der Waals surface area contributed by atoms with Gasteiger partial charge in [0, 0.05) is 5.56 Å². The highest BCUT2D eigenvalue weighted by Gasteiger charge is 2.17. The smallest absolute Gasteiger partial charge is 0.158 e. The second-order valence-corrected chi connectivity index (χ2v) is 4.75. The van der Waals surface area contributed by atoms with Gasteiger partial charge in [0.2, 0.25) is 0 Å². The van der Waals surface area contributed by atoms with Crippen LogP contribution in [-0.2, 0) is 6.54 Å². The molecule has 0 radical (unpaired) electrons. The molecule has 92 valence electrons. The van der Waals surface area contributed by atoms with Crippen molar-refractivity contribution in [3.63, 3.8) is 0 Å². The van der Waals surface area contributed by atoms with E-state index in [4.69, 9.17) is 5.26 Å². The lowest BCUT2D eigenvalue weighted by Gasteiger charge is -2.17. The summed E-state index contributed by atoms with van der Waals surface area (Å²) in [6, 6.07) is 9.25. The van der Waals surface area contributed by atoms with E-state index >= 15 is 0 Å². The van der Waals surface area contributed by atoms with Crippen molar-refractivity contribution >= 4 is 0 Å². The lowest BCUT2D eigenvalue weighted by atomic mass is 10.1. The molecular formula is C13H14N4O. The Bertz CT molecular complexity index is 590. The first kappa shape index (κ1) is 12.3. The van der Waals surface area contributed by atoms with Gasteiger partial charge in [-0.05, 0) is 26.0 Å². The first-order chi connectivity index (χ1) is 8.49. The third kappa shape index (κ3) is 2.73. The standard InChI is InChI=1S/C13H14N4O/c1-13(2,18)8-17-12(15-9-16-17)11-5-3-4-10(6-11)7-14/h3-6,9,18H,8H2,1-2H3. The number of hydrogen-bond donors (Lipinski definition) is 1. The Morgan fingerprint density at radius 2 is 2.22 bits per heavy atom. The maximum absolute atomic E-state index is 9.82. The molecule has 0 saturated carbocycles. The largest absolute Gasteiger partial charge is 0.389 e. The third-order valence-corrected chi connectivity index (χ3v) is 2.40. The fraction of sp³-hybridized carbons (Fsp3) is 0.308. The Labute approximate surface area is 105 Å². The SMILES string of the molecule is CC(C)(O)Cn1ncnc1-c1cccc(C#N)c1. The fourth-order valence-electron chi connectivity index (χ4n) is 1.70. The predicted octanol–water partition coefficient (Wildman–Crippen LogP) is 1.59. The Morgan fingerprint density at radius 3 is 2.89 bits per heavy atom. The van der Waals surface area contributed by atoms with Crippen LogP contribution >= 0.6 is 0 Å². The van der Waals surface area contributed by atoms with Crippen molar-refractivity contribution in [2.24, 2.45) is 0 Å². The van der Waals surface area contributed by atoms with E-state index < -0.39 is 5.60 Å². The molecule has 5 nitrogen and oxygen atoms in total. The van der Waals surface area contributed by atoms with Crippen molar-refractivity contribution in [3.05, 3.63) is 36.2 Å². The zero-order valence-corrected chi connectivity index (χ0v) is 10.3. The van der Waals surface area contributed by atoms with Crippen molar-refractivity contribution in [3.8, 4) is 17.5 Å². The highest BCUT2D eigenvalue weighted by Crippen LogP contribution is 2.19. The minimum Gasteiger partial charge on any atom is -0.389 e. The molecular weight excluding hydrogens is 228 g/mol. The van der Waals surface area contributed by atoms with Crippen LogP contribution in [0.5, 0.6) is 0 Å². The van der Waals surface area contributed by atoms with Crippen molar-refractivity contribution in [1.82, 2.24) is 14.8 Å². The van der Waals surface area contributed by atoms with Gasteiger partial charge in [-0.25, -0.2) is 9.67 Å². The Kier molecular flexibility index (Phi) is 3.13. The summed E-state index contributed by atoms with van der Waals surface area (Å²) >= 11 is 0. The average molecular weight is 242 g/mol. The highest BCUT2D eigenvalue weighted by atomic mass is 16.3. The van der Waals surface area contributed by atoms with Crippen LogP contribution in [0.25, 0.3) is 11.4 Å². The van der Waals surface area contributed by atoms with Gasteiger partial charge in [-0.3, -0.25) is 0 Å². The van der Waals surface area contributed by atoms with E-state index in [2.05, 4.69) is 16.2 Å². The Hall–Kier alpha value is -2.19. The number of benzene rings is 1. The van der Waals surface area contributed by atoms with Crippen LogP contribution in [0.4, 0.5) is 0 Å². The molecule has 0 saturated heterocycles. The minimum absolute atomic E-state index is 0.346. The zero-order valence-electron chi connectivity index (χ0n) is 10.3. The number of hydrogen-bond acceptors (Lipinski definition) is 4. The van der Waals surface area contributed by atoms with Crippen molar-refractivity contribution in [2.45, 2.75) is 26.0 Å². The molecule has 18 heavy (non-hydrogen) atoms. The van der Waals surface area contributed by atoms with Crippen LogP contribution in [-0.4, -0.2) is 25.5 Å². The first-order valence-electron chi connectivity index (χ1n) is 5.60. The van der Waals surface area contributed by atoms with E-state index in [9.17, 15) is 5.11 Å². The molecule has 1 N–H and O–H groups in total. The second kappa shape index (κ2) is 4.59. The molecule has 0 aliphatic carbocycles. The molecule has 0 amide bonds. The summed E-state index contributed by atoms with van der Waals surface area (Å²) in [4.78, 5) is 4.18. The van der Waals surface area contributed by atoms with Crippen molar-refractivity contribution in [1.29, 1.82) is 5.26 Å². The molecule has 1 heterocycles. The predicted molar refractivity (Wildman–Crippen MR) is 66.5 cm³/mol. The van der Waals surface area contributed by atoms with Gasteiger partial charge in [0.05, 0.1) is 23.8 Å². The Morgan fingerprint density at radius 1 is 1.44 bits per heavy atom. The molecule has 1 aromatic carbocycles. The summed E-state index contributed by atoms with van der Waals surface area (Å²) in [5.74, 6) is 0.647. The van der Waals surface area contributed by atoms with E-state index in [1.807, 2.05) is 6.07 Å². The van der Waals surface area contributed by atoms with Gasteiger partial charge < -0.3 is 5.11 Å². The normalized spacial score (nSPS) is 11.2. The molecule has 0 fully saturated rings. The van der Waals surface area contributed by atoms with Gasteiger partial charge in [0.1, 0.15) is 6.33 Å².